The van der Waals surface area contributed by atoms with Gasteiger partial charge in [0, 0.05) is 50.3 Å². The predicted octanol–water partition coefficient (Wildman–Crippen LogP) is 22.0. The number of rotatable bonds is 6. The van der Waals surface area contributed by atoms with Crippen LogP contribution in [0.3, 0.4) is 0 Å². The van der Waals surface area contributed by atoms with E-state index in [2.05, 4.69) is 308 Å². The van der Waals surface area contributed by atoms with Crippen LogP contribution in [-0.2, 0) is 37.9 Å². The van der Waals surface area contributed by atoms with Gasteiger partial charge >= 0.3 is 6.85 Å². The molecule has 0 N–H and O–H groups in total. The van der Waals surface area contributed by atoms with Crippen molar-refractivity contribution in [2.24, 2.45) is 0 Å². The molecule has 0 spiro atoms. The molecule has 0 amide bonds. The Morgan fingerprint density at radius 1 is 0.414 bits per heavy atom. The molecule has 14 rings (SSSR count). The first-order valence-corrected chi connectivity index (χ1v) is 32.3. The number of anilines is 8. The van der Waals surface area contributed by atoms with Crippen LogP contribution < -0.4 is 25.7 Å². The SMILES string of the molecule is CC(C)(C)c1ccc(N(c2ccc(C(C)(C)C)cc2)c2ccc3c(c2)N(c2ccc4c(c2)C(C)(C)CCC4(C)C)B2c4oc5cc6c(cc5c4N(c4ccc(C(C)(C)C)cc4-c4ccccc4)c4c2c-3cc2ccccc42)C(C)(C)CCC6(C)C)cc1. The van der Waals surface area contributed by atoms with E-state index < -0.39 is 0 Å². The van der Waals surface area contributed by atoms with Gasteiger partial charge in [-0.05, 0) is 203 Å². The highest BCUT2D eigenvalue weighted by Gasteiger charge is 2.51. The van der Waals surface area contributed by atoms with Crippen LogP contribution in [0.15, 0.2) is 180 Å². The Hall–Kier alpha value is -7.76. The van der Waals surface area contributed by atoms with Crippen LogP contribution >= 0.6 is 0 Å². The van der Waals surface area contributed by atoms with Gasteiger partial charge in [-0.1, -0.05) is 215 Å². The third-order valence-electron chi connectivity index (χ3n) is 21.0. The molecule has 4 aliphatic rings. The molecule has 440 valence electrons. The highest BCUT2D eigenvalue weighted by molar-refractivity contribution is 6.93. The average molecular weight is 1140 g/mol. The van der Waals surface area contributed by atoms with Crippen molar-refractivity contribution < 1.29 is 4.42 Å². The summed E-state index contributed by atoms with van der Waals surface area (Å²) >= 11 is 0. The molecule has 2 aliphatic heterocycles. The van der Waals surface area contributed by atoms with Crippen molar-refractivity contribution in [1.82, 2.24) is 0 Å². The number of hydrogen-bond acceptors (Lipinski definition) is 4. The minimum atomic E-state index is -0.364. The smallest absolute Gasteiger partial charge is 0.375 e. The van der Waals surface area contributed by atoms with Gasteiger partial charge in [0.2, 0.25) is 0 Å². The first-order valence-electron chi connectivity index (χ1n) is 32.3. The molecule has 87 heavy (non-hydrogen) atoms. The summed E-state index contributed by atoms with van der Waals surface area (Å²) in [4.78, 5) is 7.86. The molecule has 0 saturated heterocycles. The third-order valence-corrected chi connectivity index (χ3v) is 21.0. The zero-order valence-electron chi connectivity index (χ0n) is 54.9. The van der Waals surface area contributed by atoms with E-state index in [4.69, 9.17) is 4.42 Å². The van der Waals surface area contributed by atoms with E-state index in [-0.39, 0.29) is 44.8 Å². The van der Waals surface area contributed by atoms with Gasteiger partial charge in [0.15, 0.2) is 0 Å². The van der Waals surface area contributed by atoms with E-state index in [9.17, 15) is 0 Å². The summed E-state index contributed by atoms with van der Waals surface area (Å²) < 4.78 is 8.01. The molecule has 0 fully saturated rings. The lowest BCUT2D eigenvalue weighted by Crippen LogP contribution is -2.61. The maximum Gasteiger partial charge on any atom is 0.375 e. The van der Waals surface area contributed by atoms with Gasteiger partial charge in [-0.15, -0.1) is 0 Å². The van der Waals surface area contributed by atoms with E-state index in [0.29, 0.717) is 0 Å². The molecule has 5 heteroatoms. The van der Waals surface area contributed by atoms with Crippen molar-refractivity contribution in [3.63, 3.8) is 0 Å². The standard InChI is InChI=1S/C82H88BN3O/c1-76(2,3)53-27-32-56(33-28-53)84(57-34-29-54(30-35-57)77(4,5)6)58-36-38-61-63-45-52-25-21-22-26-60(52)73-72(63)83(86(70(61)48-58)59-37-39-65-66(47-59)80(12,13)42-41-79(65,10)11)75-74(64-49-67-68(50-71(64)87-75)82(16,17)44-43-81(67,14)15)85(73)69-40-31-55(78(7,8)9)46-62(69)51-23-19-18-20-24-51/h18-40,45-50H,41-44H2,1-17H3. The molecule has 9 aromatic carbocycles. The lowest BCUT2D eigenvalue weighted by Gasteiger charge is -2.46. The largest absolute Gasteiger partial charge is 0.466 e. The van der Waals surface area contributed by atoms with Crippen LogP contribution in [0.2, 0.25) is 0 Å². The molecule has 2 aliphatic carbocycles. The fraction of sp³-hybridized carbons (Fsp3) is 0.341. The average Bonchev–Trinajstić information content (AvgIpc) is 1.67. The maximum absolute atomic E-state index is 8.01. The minimum Gasteiger partial charge on any atom is -0.466 e. The Balaban J connectivity index is 1.13. The zero-order chi connectivity index (χ0) is 61.3. The van der Waals surface area contributed by atoms with Gasteiger partial charge in [0.1, 0.15) is 11.2 Å². The topological polar surface area (TPSA) is 22.9 Å². The van der Waals surface area contributed by atoms with Crippen LogP contribution in [0.5, 0.6) is 0 Å². The van der Waals surface area contributed by atoms with Crippen LogP contribution in [0.1, 0.15) is 182 Å². The number of benzene rings is 9. The molecule has 0 atom stereocenters. The Morgan fingerprint density at radius 2 is 0.943 bits per heavy atom. The summed E-state index contributed by atoms with van der Waals surface area (Å²) in [5.74, 6) is 0. The lowest BCUT2D eigenvalue weighted by atomic mass is 9.45. The zero-order valence-corrected chi connectivity index (χ0v) is 54.9. The second-order valence-corrected chi connectivity index (χ2v) is 32.0. The summed E-state index contributed by atoms with van der Waals surface area (Å²) in [7, 11) is 0. The normalized spacial score (nSPS) is 17.1. The predicted molar refractivity (Wildman–Crippen MR) is 374 cm³/mol. The van der Waals surface area contributed by atoms with Crippen molar-refractivity contribution in [3.05, 3.63) is 215 Å². The van der Waals surface area contributed by atoms with Gasteiger partial charge in [0.25, 0.3) is 0 Å². The Labute approximate surface area is 519 Å². The quantitative estimate of drug-likeness (QED) is 0.155. The van der Waals surface area contributed by atoms with Crippen LogP contribution in [0, 0.1) is 0 Å². The number of fused-ring (bicyclic) bond motifs is 10. The second kappa shape index (κ2) is 19.4. The summed E-state index contributed by atoms with van der Waals surface area (Å²) in [5, 5.41) is 3.58. The first kappa shape index (κ1) is 57.0. The molecule has 10 aromatic rings. The van der Waals surface area contributed by atoms with E-state index in [1.54, 1.807) is 0 Å². The van der Waals surface area contributed by atoms with Crippen LogP contribution in [0.4, 0.5) is 45.5 Å². The molecular formula is C82H88BN3O. The highest BCUT2D eigenvalue weighted by atomic mass is 16.3. The molecule has 0 saturated carbocycles. The van der Waals surface area contributed by atoms with Gasteiger partial charge < -0.3 is 19.0 Å². The molecule has 0 unspecified atom stereocenters. The van der Waals surface area contributed by atoms with Crippen molar-refractivity contribution >= 4 is 85.2 Å². The Bertz CT molecular complexity index is 4340. The molecule has 1 aromatic heterocycles. The van der Waals surface area contributed by atoms with E-state index in [1.807, 2.05) is 0 Å². The molecule has 0 bridgehead atoms. The Morgan fingerprint density at radius 3 is 1.54 bits per heavy atom. The van der Waals surface area contributed by atoms with Crippen molar-refractivity contribution in [3.8, 4) is 22.3 Å². The van der Waals surface area contributed by atoms with E-state index in [1.165, 1.54) is 88.8 Å². The summed E-state index contributed by atoms with van der Waals surface area (Å²) in [6.07, 6.45) is 4.50. The van der Waals surface area contributed by atoms with Crippen molar-refractivity contribution in [2.75, 3.05) is 14.6 Å². The van der Waals surface area contributed by atoms with Crippen LogP contribution in [0.25, 0.3) is 44.0 Å². The molecule has 0 radical (unpaired) electrons. The van der Waals surface area contributed by atoms with Crippen molar-refractivity contribution in [1.29, 1.82) is 0 Å². The number of furan rings is 1. The fourth-order valence-corrected chi connectivity index (χ4v) is 15.3. The molecule has 3 heterocycles. The van der Waals surface area contributed by atoms with Crippen molar-refractivity contribution in [2.45, 2.75) is 181 Å². The lowest BCUT2D eigenvalue weighted by molar-refractivity contribution is 0.332. The fourth-order valence-electron chi connectivity index (χ4n) is 15.3. The van der Waals surface area contributed by atoms with E-state index >= 15 is 0 Å². The summed E-state index contributed by atoms with van der Waals surface area (Å²) in [6, 6.07) is 68.6. The number of nitrogens with zero attached hydrogens (tertiary/aromatic N) is 3. The maximum atomic E-state index is 8.01. The van der Waals surface area contributed by atoms with Gasteiger partial charge in [-0.3, -0.25) is 0 Å². The van der Waals surface area contributed by atoms with Gasteiger partial charge in [-0.2, -0.15) is 0 Å². The van der Waals surface area contributed by atoms with E-state index in [0.717, 1.165) is 76.4 Å². The summed E-state index contributed by atoms with van der Waals surface area (Å²) in [6.45, 7) is 40.1. The molecular weight excluding hydrogens is 1050 g/mol. The number of hydrogen-bond donors (Lipinski definition) is 0. The Kier molecular flexibility index (Phi) is 12.7. The minimum absolute atomic E-state index is 0.00885. The van der Waals surface area contributed by atoms with Gasteiger partial charge in [0.05, 0.1) is 17.1 Å². The third kappa shape index (κ3) is 9.21. The summed E-state index contributed by atoms with van der Waals surface area (Å²) in [5.41, 5.74) is 26.6. The first-order chi connectivity index (χ1) is 41.0. The highest BCUT2D eigenvalue weighted by Crippen LogP contribution is 2.57. The second-order valence-electron chi connectivity index (χ2n) is 32.0. The molecule has 4 nitrogen and oxygen atoms in total. The monoisotopic (exact) mass is 1140 g/mol. The van der Waals surface area contributed by atoms with Gasteiger partial charge in [-0.25, -0.2) is 0 Å². The van der Waals surface area contributed by atoms with Crippen LogP contribution in [-0.4, -0.2) is 6.85 Å².